The fourth-order valence-corrected chi connectivity index (χ4v) is 1.30. The van der Waals surface area contributed by atoms with Crippen LogP contribution in [-0.4, -0.2) is 35.4 Å². The lowest BCUT2D eigenvalue weighted by molar-refractivity contribution is -0.0442. The van der Waals surface area contributed by atoms with Gasteiger partial charge in [-0.2, -0.15) is 0 Å². The maximum Gasteiger partial charge on any atom is 0.490 e. The zero-order chi connectivity index (χ0) is 9.97. The van der Waals surface area contributed by atoms with Crippen molar-refractivity contribution in [2.45, 2.75) is 6.29 Å². The standard InChI is InChI=1S/C8H10BNO4/c11-9(12)7-3-6(4-10-5-7)8-13-1-2-14-8/h3-5,8,11-12H,1-2H2. The first-order chi connectivity index (χ1) is 6.77. The molecule has 74 valence electrons. The van der Waals surface area contributed by atoms with Crippen LogP contribution in [0, 0.1) is 0 Å². The zero-order valence-corrected chi connectivity index (χ0v) is 7.46. The third-order valence-corrected chi connectivity index (χ3v) is 1.97. The van der Waals surface area contributed by atoms with Crippen LogP contribution in [-0.2, 0) is 9.47 Å². The van der Waals surface area contributed by atoms with E-state index in [1.807, 2.05) is 0 Å². The van der Waals surface area contributed by atoms with Crippen molar-refractivity contribution in [1.29, 1.82) is 0 Å². The first-order valence-electron chi connectivity index (χ1n) is 4.31. The Morgan fingerprint density at radius 1 is 1.29 bits per heavy atom. The highest BCUT2D eigenvalue weighted by molar-refractivity contribution is 6.58. The Morgan fingerprint density at radius 2 is 2.00 bits per heavy atom. The van der Waals surface area contributed by atoms with E-state index in [9.17, 15) is 0 Å². The molecular weight excluding hydrogens is 185 g/mol. The Morgan fingerprint density at radius 3 is 2.64 bits per heavy atom. The van der Waals surface area contributed by atoms with Gasteiger partial charge in [-0.25, -0.2) is 0 Å². The fraction of sp³-hybridized carbons (Fsp3) is 0.375. The SMILES string of the molecule is OB(O)c1cncc(C2OCCO2)c1. The molecule has 2 rings (SSSR count). The largest absolute Gasteiger partial charge is 0.490 e. The smallest absolute Gasteiger partial charge is 0.423 e. The predicted molar refractivity (Wildman–Crippen MR) is 48.7 cm³/mol. The van der Waals surface area contributed by atoms with Crippen molar-refractivity contribution < 1.29 is 19.5 Å². The molecular formula is C8H10BNO4. The van der Waals surface area contributed by atoms with Gasteiger partial charge in [0.15, 0.2) is 6.29 Å². The van der Waals surface area contributed by atoms with E-state index in [-0.39, 0.29) is 0 Å². The Bertz CT molecular complexity index is 314. The molecule has 0 bridgehead atoms. The molecule has 0 saturated carbocycles. The predicted octanol–water partition coefficient (Wildman–Crippen LogP) is -1.19. The number of aromatic nitrogens is 1. The second-order valence-electron chi connectivity index (χ2n) is 3.00. The highest BCUT2D eigenvalue weighted by Crippen LogP contribution is 2.21. The van der Waals surface area contributed by atoms with Gasteiger partial charge in [-0.15, -0.1) is 0 Å². The lowest BCUT2D eigenvalue weighted by Gasteiger charge is -2.09. The average Bonchev–Trinajstić information content (AvgIpc) is 2.71. The molecule has 1 aliphatic rings. The van der Waals surface area contributed by atoms with Gasteiger partial charge in [-0.1, -0.05) is 6.07 Å². The minimum atomic E-state index is -1.51. The second kappa shape index (κ2) is 4.06. The first-order valence-corrected chi connectivity index (χ1v) is 4.31. The minimum absolute atomic E-state index is 0.335. The molecule has 5 nitrogen and oxygen atoms in total. The van der Waals surface area contributed by atoms with Crippen molar-refractivity contribution in [3.63, 3.8) is 0 Å². The molecule has 0 aliphatic carbocycles. The van der Waals surface area contributed by atoms with Crippen molar-refractivity contribution >= 4 is 12.6 Å². The summed E-state index contributed by atoms with van der Waals surface area (Å²) in [6.45, 7) is 1.10. The van der Waals surface area contributed by atoms with Gasteiger partial charge in [0.05, 0.1) is 13.2 Å². The van der Waals surface area contributed by atoms with Gasteiger partial charge in [0.25, 0.3) is 0 Å². The molecule has 6 heteroatoms. The van der Waals surface area contributed by atoms with E-state index in [1.54, 1.807) is 12.3 Å². The van der Waals surface area contributed by atoms with Crippen LogP contribution in [0.25, 0.3) is 0 Å². The van der Waals surface area contributed by atoms with E-state index in [0.29, 0.717) is 24.2 Å². The van der Waals surface area contributed by atoms with Gasteiger partial charge < -0.3 is 19.5 Å². The highest BCUT2D eigenvalue weighted by Gasteiger charge is 2.20. The van der Waals surface area contributed by atoms with Gasteiger partial charge in [0.2, 0.25) is 0 Å². The van der Waals surface area contributed by atoms with E-state index in [0.717, 1.165) is 0 Å². The Hall–Kier alpha value is -0.945. The number of nitrogens with zero attached hydrogens (tertiary/aromatic N) is 1. The molecule has 0 unspecified atom stereocenters. The molecule has 1 saturated heterocycles. The van der Waals surface area contributed by atoms with Crippen molar-refractivity contribution in [1.82, 2.24) is 4.98 Å². The van der Waals surface area contributed by atoms with Gasteiger partial charge in [-0.05, 0) is 0 Å². The van der Waals surface area contributed by atoms with Crippen LogP contribution in [0.2, 0.25) is 0 Å². The summed E-state index contributed by atoms with van der Waals surface area (Å²) in [5.41, 5.74) is 1.04. The lowest BCUT2D eigenvalue weighted by atomic mass is 9.81. The van der Waals surface area contributed by atoms with Gasteiger partial charge in [0.1, 0.15) is 0 Å². The van der Waals surface area contributed by atoms with Crippen LogP contribution < -0.4 is 5.46 Å². The monoisotopic (exact) mass is 195 g/mol. The summed E-state index contributed by atoms with van der Waals surface area (Å²) in [6, 6.07) is 1.60. The molecule has 1 aliphatic heterocycles. The summed E-state index contributed by atoms with van der Waals surface area (Å²) in [7, 11) is -1.51. The summed E-state index contributed by atoms with van der Waals surface area (Å²) in [5.74, 6) is 0. The molecule has 0 aromatic carbocycles. The minimum Gasteiger partial charge on any atom is -0.423 e. The molecule has 1 aromatic rings. The zero-order valence-electron chi connectivity index (χ0n) is 7.46. The molecule has 0 amide bonds. The summed E-state index contributed by atoms with van der Waals surface area (Å²) >= 11 is 0. The molecule has 0 spiro atoms. The van der Waals surface area contributed by atoms with Crippen LogP contribution in [0.1, 0.15) is 11.9 Å². The molecule has 2 N–H and O–H groups in total. The number of pyridine rings is 1. The van der Waals surface area contributed by atoms with E-state index < -0.39 is 13.4 Å². The third-order valence-electron chi connectivity index (χ3n) is 1.97. The molecule has 2 heterocycles. The summed E-state index contributed by atoms with van der Waals surface area (Å²) in [5, 5.41) is 17.8. The Kier molecular flexibility index (Phi) is 2.78. The summed E-state index contributed by atoms with van der Waals surface area (Å²) in [6.07, 6.45) is 2.55. The molecule has 14 heavy (non-hydrogen) atoms. The normalized spacial score (nSPS) is 17.3. The summed E-state index contributed by atoms with van der Waals surface area (Å²) in [4.78, 5) is 3.87. The van der Waals surface area contributed by atoms with Crippen molar-refractivity contribution in [3.8, 4) is 0 Å². The van der Waals surface area contributed by atoms with Crippen molar-refractivity contribution in [3.05, 3.63) is 24.0 Å². The highest BCUT2D eigenvalue weighted by atomic mass is 16.7. The van der Waals surface area contributed by atoms with Crippen molar-refractivity contribution in [2.75, 3.05) is 13.2 Å². The van der Waals surface area contributed by atoms with Crippen LogP contribution >= 0.6 is 0 Å². The summed E-state index contributed by atoms with van der Waals surface area (Å²) < 4.78 is 10.5. The fourth-order valence-electron chi connectivity index (χ4n) is 1.30. The number of ether oxygens (including phenoxy) is 2. The molecule has 1 aromatic heterocycles. The Balaban J connectivity index is 2.21. The van der Waals surface area contributed by atoms with Crippen LogP contribution in [0.15, 0.2) is 18.5 Å². The van der Waals surface area contributed by atoms with Crippen molar-refractivity contribution in [2.24, 2.45) is 0 Å². The number of hydrogen-bond acceptors (Lipinski definition) is 5. The molecule has 1 fully saturated rings. The van der Waals surface area contributed by atoms with E-state index >= 15 is 0 Å². The second-order valence-corrected chi connectivity index (χ2v) is 3.00. The topological polar surface area (TPSA) is 71.8 Å². The maximum absolute atomic E-state index is 8.92. The molecule has 0 atom stereocenters. The maximum atomic E-state index is 8.92. The third kappa shape index (κ3) is 1.93. The van der Waals surface area contributed by atoms with Gasteiger partial charge >= 0.3 is 7.12 Å². The van der Waals surface area contributed by atoms with Crippen LogP contribution in [0.4, 0.5) is 0 Å². The first kappa shape index (κ1) is 9.60. The average molecular weight is 195 g/mol. The van der Waals surface area contributed by atoms with Gasteiger partial charge in [0, 0.05) is 23.4 Å². The number of rotatable bonds is 2. The van der Waals surface area contributed by atoms with E-state index in [1.165, 1.54) is 6.20 Å². The van der Waals surface area contributed by atoms with Crippen LogP contribution in [0.3, 0.4) is 0 Å². The lowest BCUT2D eigenvalue weighted by Crippen LogP contribution is -2.30. The van der Waals surface area contributed by atoms with Gasteiger partial charge in [-0.3, -0.25) is 4.98 Å². The quantitative estimate of drug-likeness (QED) is 0.580. The van der Waals surface area contributed by atoms with Crippen LogP contribution in [0.5, 0.6) is 0 Å². The van der Waals surface area contributed by atoms with E-state index in [2.05, 4.69) is 4.98 Å². The number of hydrogen-bond donors (Lipinski definition) is 2. The Labute approximate surface area is 81.4 Å². The van der Waals surface area contributed by atoms with E-state index in [4.69, 9.17) is 19.5 Å². The molecule has 0 radical (unpaired) electrons.